The van der Waals surface area contributed by atoms with Crippen molar-refractivity contribution >= 4 is 28.3 Å². The van der Waals surface area contributed by atoms with Crippen LogP contribution >= 0.6 is 11.6 Å². The minimum Gasteiger partial charge on any atom is -0.495 e. The molecule has 0 amide bonds. The van der Waals surface area contributed by atoms with Crippen LogP contribution in [0.4, 0.5) is 5.69 Å². The topological polar surface area (TPSA) is 51.5 Å². The standard InChI is InChI=1S/C19H18ClNO3/c1-11-6-15-13(8-19(22)24-18(15)7-12(11)2)10-21-14-4-5-17(23-3)16(20)9-14/h4-9,21H,10H2,1-3H3. The molecule has 0 spiro atoms. The second-order valence-corrected chi connectivity index (χ2v) is 6.13. The smallest absolute Gasteiger partial charge is 0.336 e. The largest absolute Gasteiger partial charge is 0.495 e. The maximum absolute atomic E-state index is 11.8. The number of fused-ring (bicyclic) bond motifs is 1. The summed E-state index contributed by atoms with van der Waals surface area (Å²) in [7, 11) is 1.58. The van der Waals surface area contributed by atoms with Crippen molar-refractivity contribution in [3.8, 4) is 5.75 Å². The molecule has 3 rings (SSSR count). The average Bonchev–Trinajstić information content (AvgIpc) is 2.54. The first-order valence-electron chi connectivity index (χ1n) is 7.59. The molecule has 1 N–H and O–H groups in total. The molecular formula is C19H18ClNO3. The quantitative estimate of drug-likeness (QED) is 0.698. The minimum absolute atomic E-state index is 0.352. The van der Waals surface area contributed by atoms with Gasteiger partial charge in [0.25, 0.3) is 0 Å². The van der Waals surface area contributed by atoms with Gasteiger partial charge in [-0.2, -0.15) is 0 Å². The van der Waals surface area contributed by atoms with Gasteiger partial charge in [-0.05, 0) is 60.9 Å². The molecule has 4 nitrogen and oxygen atoms in total. The lowest BCUT2D eigenvalue weighted by molar-refractivity contribution is 0.415. The highest BCUT2D eigenvalue weighted by Crippen LogP contribution is 2.28. The summed E-state index contributed by atoms with van der Waals surface area (Å²) in [4.78, 5) is 11.8. The zero-order valence-electron chi connectivity index (χ0n) is 13.8. The van der Waals surface area contributed by atoms with Gasteiger partial charge in [-0.25, -0.2) is 4.79 Å². The third kappa shape index (κ3) is 3.24. The van der Waals surface area contributed by atoms with Crippen LogP contribution in [0.2, 0.25) is 5.02 Å². The first kappa shape index (κ1) is 16.4. The van der Waals surface area contributed by atoms with Crippen molar-refractivity contribution in [1.82, 2.24) is 0 Å². The van der Waals surface area contributed by atoms with Gasteiger partial charge in [0.15, 0.2) is 0 Å². The van der Waals surface area contributed by atoms with E-state index in [0.717, 1.165) is 27.8 Å². The Kier molecular flexibility index (Phi) is 4.49. The van der Waals surface area contributed by atoms with Gasteiger partial charge in [0.2, 0.25) is 0 Å². The molecule has 0 aliphatic carbocycles. The fourth-order valence-electron chi connectivity index (χ4n) is 2.60. The molecule has 1 heterocycles. The summed E-state index contributed by atoms with van der Waals surface area (Å²) in [6.07, 6.45) is 0. The highest BCUT2D eigenvalue weighted by atomic mass is 35.5. The van der Waals surface area contributed by atoms with E-state index in [1.165, 1.54) is 6.07 Å². The van der Waals surface area contributed by atoms with Crippen LogP contribution in [0.3, 0.4) is 0 Å². The fraction of sp³-hybridized carbons (Fsp3) is 0.211. The summed E-state index contributed by atoms with van der Waals surface area (Å²) in [6, 6.07) is 11.0. The van der Waals surface area contributed by atoms with E-state index in [-0.39, 0.29) is 5.63 Å². The van der Waals surface area contributed by atoms with Crippen molar-refractivity contribution in [1.29, 1.82) is 0 Å². The normalized spacial score (nSPS) is 10.8. The molecule has 0 aliphatic rings. The Morgan fingerprint density at radius 1 is 1.12 bits per heavy atom. The maximum Gasteiger partial charge on any atom is 0.336 e. The van der Waals surface area contributed by atoms with Crippen LogP contribution in [-0.2, 0) is 6.54 Å². The second-order valence-electron chi connectivity index (χ2n) is 5.73. The number of nitrogens with one attached hydrogen (secondary N) is 1. The van der Waals surface area contributed by atoms with E-state index >= 15 is 0 Å². The van der Waals surface area contributed by atoms with Crippen LogP contribution in [-0.4, -0.2) is 7.11 Å². The molecule has 5 heteroatoms. The van der Waals surface area contributed by atoms with E-state index in [1.807, 2.05) is 32.0 Å². The van der Waals surface area contributed by atoms with Gasteiger partial charge in [0.1, 0.15) is 11.3 Å². The Labute approximate surface area is 145 Å². The van der Waals surface area contributed by atoms with Gasteiger partial charge >= 0.3 is 5.63 Å². The van der Waals surface area contributed by atoms with E-state index in [4.69, 9.17) is 20.8 Å². The van der Waals surface area contributed by atoms with Crippen LogP contribution in [0.25, 0.3) is 11.0 Å². The number of rotatable bonds is 4. The molecule has 124 valence electrons. The van der Waals surface area contributed by atoms with Crippen molar-refractivity contribution in [2.24, 2.45) is 0 Å². The summed E-state index contributed by atoms with van der Waals surface area (Å²) in [6.45, 7) is 4.53. The lowest BCUT2D eigenvalue weighted by Gasteiger charge is -2.11. The molecule has 0 aliphatic heterocycles. The second kappa shape index (κ2) is 6.57. The highest BCUT2D eigenvalue weighted by molar-refractivity contribution is 6.32. The molecule has 2 aromatic carbocycles. The van der Waals surface area contributed by atoms with E-state index in [9.17, 15) is 4.79 Å². The Bertz CT molecular complexity index is 963. The zero-order valence-corrected chi connectivity index (χ0v) is 14.5. The number of anilines is 1. The lowest BCUT2D eigenvalue weighted by atomic mass is 10.0. The zero-order chi connectivity index (χ0) is 17.3. The molecule has 0 radical (unpaired) electrons. The SMILES string of the molecule is COc1ccc(NCc2cc(=O)oc3cc(C)c(C)cc23)cc1Cl. The number of benzene rings is 2. The Hall–Kier alpha value is -2.46. The van der Waals surface area contributed by atoms with Crippen molar-refractivity contribution in [3.05, 3.63) is 68.5 Å². The molecule has 0 bridgehead atoms. The van der Waals surface area contributed by atoms with Crippen LogP contribution < -0.4 is 15.7 Å². The number of aryl methyl sites for hydroxylation is 2. The molecule has 0 unspecified atom stereocenters. The molecule has 24 heavy (non-hydrogen) atoms. The summed E-state index contributed by atoms with van der Waals surface area (Å²) < 4.78 is 10.5. The van der Waals surface area contributed by atoms with E-state index in [1.54, 1.807) is 19.2 Å². The van der Waals surface area contributed by atoms with Crippen molar-refractivity contribution in [3.63, 3.8) is 0 Å². The monoisotopic (exact) mass is 343 g/mol. The third-order valence-corrected chi connectivity index (χ3v) is 4.37. The first-order valence-corrected chi connectivity index (χ1v) is 7.97. The van der Waals surface area contributed by atoms with Crippen molar-refractivity contribution in [2.75, 3.05) is 12.4 Å². The summed E-state index contributed by atoms with van der Waals surface area (Å²) in [5.41, 5.74) is 4.25. The van der Waals surface area contributed by atoms with Gasteiger partial charge in [0.05, 0.1) is 12.1 Å². The summed E-state index contributed by atoms with van der Waals surface area (Å²) in [5.74, 6) is 0.624. The maximum atomic E-state index is 11.8. The van der Waals surface area contributed by atoms with E-state index in [0.29, 0.717) is 22.9 Å². The van der Waals surface area contributed by atoms with E-state index < -0.39 is 0 Å². The van der Waals surface area contributed by atoms with E-state index in [2.05, 4.69) is 5.32 Å². The molecule has 0 saturated carbocycles. The Balaban J connectivity index is 1.94. The molecule has 1 aromatic heterocycles. The van der Waals surface area contributed by atoms with Crippen molar-refractivity contribution < 1.29 is 9.15 Å². The number of hydrogen-bond donors (Lipinski definition) is 1. The number of halogens is 1. The molecule has 0 atom stereocenters. The fourth-order valence-corrected chi connectivity index (χ4v) is 2.86. The predicted octanol–water partition coefficient (Wildman–Crippen LogP) is 4.68. The van der Waals surface area contributed by atoms with Gasteiger partial charge in [-0.15, -0.1) is 0 Å². The summed E-state index contributed by atoms with van der Waals surface area (Å²) >= 11 is 6.14. The van der Waals surface area contributed by atoms with Crippen LogP contribution in [0.1, 0.15) is 16.7 Å². The Morgan fingerprint density at radius 2 is 1.88 bits per heavy atom. The highest BCUT2D eigenvalue weighted by Gasteiger charge is 2.08. The minimum atomic E-state index is -0.352. The third-order valence-electron chi connectivity index (χ3n) is 4.08. The number of ether oxygens (including phenoxy) is 1. The predicted molar refractivity (Wildman–Crippen MR) is 97.3 cm³/mol. The summed E-state index contributed by atoms with van der Waals surface area (Å²) in [5, 5.41) is 4.75. The average molecular weight is 344 g/mol. The first-order chi connectivity index (χ1) is 11.5. The van der Waals surface area contributed by atoms with Crippen LogP contribution in [0.15, 0.2) is 45.6 Å². The molecular weight excluding hydrogens is 326 g/mol. The number of hydrogen-bond acceptors (Lipinski definition) is 4. The van der Waals surface area contributed by atoms with Gasteiger partial charge < -0.3 is 14.5 Å². The molecule has 0 saturated heterocycles. The molecule has 3 aromatic rings. The molecule has 0 fully saturated rings. The lowest BCUT2D eigenvalue weighted by Crippen LogP contribution is -2.06. The van der Waals surface area contributed by atoms with Crippen LogP contribution in [0.5, 0.6) is 5.75 Å². The van der Waals surface area contributed by atoms with Gasteiger partial charge in [0, 0.05) is 23.7 Å². The van der Waals surface area contributed by atoms with Crippen LogP contribution in [0, 0.1) is 13.8 Å². The van der Waals surface area contributed by atoms with Gasteiger partial charge in [-0.3, -0.25) is 0 Å². The number of methoxy groups -OCH3 is 1. The van der Waals surface area contributed by atoms with Crippen molar-refractivity contribution in [2.45, 2.75) is 20.4 Å². The van der Waals surface area contributed by atoms with Gasteiger partial charge in [-0.1, -0.05) is 11.6 Å². The Morgan fingerprint density at radius 3 is 2.58 bits per heavy atom.